The minimum Gasteiger partial charge on any atom is -0.441 e. The van der Waals surface area contributed by atoms with Crippen molar-refractivity contribution in [3.63, 3.8) is 0 Å². The van der Waals surface area contributed by atoms with Crippen LogP contribution in [0.2, 0.25) is 0 Å². The molecule has 1 saturated heterocycles. The number of nitrogens with zero attached hydrogens (tertiary/aromatic N) is 3. The van der Waals surface area contributed by atoms with Crippen LogP contribution < -0.4 is 0 Å². The van der Waals surface area contributed by atoms with E-state index in [1.165, 1.54) is 24.1 Å². The van der Waals surface area contributed by atoms with Gasteiger partial charge in [-0.1, -0.05) is 18.6 Å². The van der Waals surface area contributed by atoms with Crippen molar-refractivity contribution < 1.29 is 13.2 Å². The molecule has 27 heavy (non-hydrogen) atoms. The predicted octanol–water partition coefficient (Wildman–Crippen LogP) is 5.05. The van der Waals surface area contributed by atoms with Crippen molar-refractivity contribution in [2.75, 3.05) is 6.54 Å². The molecule has 0 aliphatic carbocycles. The van der Waals surface area contributed by atoms with Crippen LogP contribution in [0.4, 0.5) is 8.78 Å². The van der Waals surface area contributed by atoms with E-state index in [9.17, 15) is 8.78 Å². The highest BCUT2D eigenvalue weighted by molar-refractivity contribution is 5.54. The third-order valence-corrected chi connectivity index (χ3v) is 5.11. The molecule has 0 radical (unpaired) electrons. The molecule has 140 valence electrons. The maximum atomic E-state index is 14.1. The monoisotopic (exact) mass is 369 g/mol. The molecular weight excluding hydrogens is 348 g/mol. The standard InChI is InChI=1S/C21H21F2N3O/c1-14-18(25-21(27-14)16-7-4-8-17(22)20(16)23)13-26-11-3-2-9-19(26)15-6-5-10-24-12-15/h4-8,10,12,19H,2-3,9,11,13H2,1H3. The topological polar surface area (TPSA) is 42.2 Å². The van der Waals surface area contributed by atoms with E-state index < -0.39 is 11.6 Å². The second kappa shape index (κ2) is 7.56. The summed E-state index contributed by atoms with van der Waals surface area (Å²) in [4.78, 5) is 11.1. The smallest absolute Gasteiger partial charge is 0.229 e. The SMILES string of the molecule is Cc1oc(-c2cccc(F)c2F)nc1CN1CCCCC1c1cccnc1. The second-order valence-corrected chi connectivity index (χ2v) is 6.89. The van der Waals surface area contributed by atoms with Crippen molar-refractivity contribution in [1.29, 1.82) is 0 Å². The summed E-state index contributed by atoms with van der Waals surface area (Å²) in [6.07, 6.45) is 7.05. The van der Waals surface area contributed by atoms with Crippen molar-refractivity contribution in [2.24, 2.45) is 0 Å². The van der Waals surface area contributed by atoms with Crippen molar-refractivity contribution in [3.05, 3.63) is 71.4 Å². The van der Waals surface area contributed by atoms with E-state index in [0.717, 1.165) is 31.1 Å². The van der Waals surface area contributed by atoms with Gasteiger partial charge in [0, 0.05) is 25.0 Å². The number of pyridine rings is 1. The number of rotatable bonds is 4. The number of benzene rings is 1. The molecule has 1 aliphatic rings. The Morgan fingerprint density at radius 1 is 1.19 bits per heavy atom. The summed E-state index contributed by atoms with van der Waals surface area (Å²) in [6.45, 7) is 3.37. The van der Waals surface area contributed by atoms with Crippen LogP contribution in [0, 0.1) is 18.6 Å². The van der Waals surface area contributed by atoms with Crippen LogP contribution in [0.25, 0.3) is 11.5 Å². The quantitative estimate of drug-likeness (QED) is 0.645. The van der Waals surface area contributed by atoms with Gasteiger partial charge in [0.25, 0.3) is 0 Å². The fraction of sp³-hybridized carbons (Fsp3) is 0.333. The number of aryl methyl sites for hydroxylation is 1. The van der Waals surface area contributed by atoms with Gasteiger partial charge in [0.2, 0.25) is 5.89 Å². The van der Waals surface area contributed by atoms with E-state index in [1.54, 1.807) is 6.20 Å². The van der Waals surface area contributed by atoms with Crippen molar-refractivity contribution in [1.82, 2.24) is 14.9 Å². The van der Waals surface area contributed by atoms with Crippen LogP contribution >= 0.6 is 0 Å². The highest BCUT2D eigenvalue weighted by Crippen LogP contribution is 2.33. The van der Waals surface area contributed by atoms with Gasteiger partial charge in [0.15, 0.2) is 11.6 Å². The Labute approximate surface area is 156 Å². The van der Waals surface area contributed by atoms with E-state index in [0.29, 0.717) is 12.3 Å². The number of piperidine rings is 1. The molecule has 1 fully saturated rings. The van der Waals surface area contributed by atoms with Crippen LogP contribution in [0.1, 0.15) is 42.3 Å². The van der Waals surface area contributed by atoms with Crippen molar-refractivity contribution >= 4 is 0 Å². The summed E-state index contributed by atoms with van der Waals surface area (Å²) in [5, 5.41) is 0. The van der Waals surface area contributed by atoms with Crippen molar-refractivity contribution in [2.45, 2.75) is 38.8 Å². The van der Waals surface area contributed by atoms with Crippen LogP contribution in [-0.4, -0.2) is 21.4 Å². The number of hydrogen-bond donors (Lipinski definition) is 0. The zero-order chi connectivity index (χ0) is 18.8. The first kappa shape index (κ1) is 17.8. The first-order chi connectivity index (χ1) is 13.1. The molecule has 0 bridgehead atoms. The number of oxazole rings is 1. The van der Waals surface area contributed by atoms with E-state index >= 15 is 0 Å². The first-order valence-corrected chi connectivity index (χ1v) is 9.18. The van der Waals surface area contributed by atoms with Crippen molar-refractivity contribution in [3.8, 4) is 11.5 Å². The number of halogens is 2. The van der Waals surface area contributed by atoms with Gasteiger partial charge in [-0.3, -0.25) is 9.88 Å². The molecule has 3 aromatic rings. The largest absolute Gasteiger partial charge is 0.441 e. The molecule has 2 aromatic heterocycles. The molecule has 1 aliphatic heterocycles. The zero-order valence-corrected chi connectivity index (χ0v) is 15.2. The van der Waals surface area contributed by atoms with Gasteiger partial charge < -0.3 is 4.42 Å². The van der Waals surface area contributed by atoms with E-state index in [2.05, 4.69) is 20.9 Å². The Bertz CT molecular complexity index is 926. The molecule has 0 N–H and O–H groups in total. The first-order valence-electron chi connectivity index (χ1n) is 9.18. The van der Waals surface area contributed by atoms with Crippen LogP contribution in [0.5, 0.6) is 0 Å². The lowest BCUT2D eigenvalue weighted by Crippen LogP contribution is -2.33. The third kappa shape index (κ3) is 3.62. The minimum atomic E-state index is -0.934. The Morgan fingerprint density at radius 2 is 2.07 bits per heavy atom. The summed E-state index contributed by atoms with van der Waals surface area (Å²) < 4.78 is 33.3. The fourth-order valence-corrected chi connectivity index (χ4v) is 3.68. The zero-order valence-electron chi connectivity index (χ0n) is 15.2. The number of likely N-dealkylation sites (tertiary alicyclic amines) is 1. The summed E-state index contributed by atoms with van der Waals surface area (Å²) in [5.74, 6) is -1.09. The molecular formula is C21H21F2N3O. The Balaban J connectivity index is 1.60. The van der Waals surface area contributed by atoms with E-state index in [4.69, 9.17) is 4.42 Å². The molecule has 1 aromatic carbocycles. The molecule has 4 nitrogen and oxygen atoms in total. The fourth-order valence-electron chi connectivity index (χ4n) is 3.68. The second-order valence-electron chi connectivity index (χ2n) is 6.89. The molecule has 0 saturated carbocycles. The van der Waals surface area contributed by atoms with E-state index in [1.807, 2.05) is 19.2 Å². The minimum absolute atomic E-state index is 0.0480. The van der Waals surface area contributed by atoms with Gasteiger partial charge in [0.1, 0.15) is 5.76 Å². The molecule has 1 atom stereocenters. The lowest BCUT2D eigenvalue weighted by molar-refractivity contribution is 0.138. The van der Waals surface area contributed by atoms with Crippen LogP contribution in [0.3, 0.4) is 0 Å². The molecule has 0 spiro atoms. The number of hydrogen-bond acceptors (Lipinski definition) is 4. The molecule has 4 rings (SSSR count). The third-order valence-electron chi connectivity index (χ3n) is 5.11. The molecule has 3 heterocycles. The van der Waals surface area contributed by atoms with Gasteiger partial charge >= 0.3 is 0 Å². The lowest BCUT2D eigenvalue weighted by atomic mass is 9.96. The van der Waals surface area contributed by atoms with Gasteiger partial charge in [-0.05, 0) is 50.1 Å². The molecule has 0 amide bonds. The maximum Gasteiger partial charge on any atom is 0.229 e. The van der Waals surface area contributed by atoms with Gasteiger partial charge in [-0.2, -0.15) is 0 Å². The average molecular weight is 369 g/mol. The Morgan fingerprint density at radius 3 is 2.89 bits per heavy atom. The van der Waals surface area contributed by atoms with Crippen LogP contribution in [-0.2, 0) is 6.54 Å². The van der Waals surface area contributed by atoms with Gasteiger partial charge in [-0.15, -0.1) is 0 Å². The summed E-state index contributed by atoms with van der Waals surface area (Å²) in [7, 11) is 0. The Hall–Kier alpha value is -2.60. The highest BCUT2D eigenvalue weighted by Gasteiger charge is 2.26. The molecule has 1 unspecified atom stereocenters. The average Bonchev–Trinajstić information content (AvgIpc) is 3.05. The van der Waals surface area contributed by atoms with E-state index in [-0.39, 0.29) is 17.5 Å². The molecule has 6 heteroatoms. The normalized spacial score (nSPS) is 18.0. The van der Waals surface area contributed by atoms with Gasteiger partial charge in [-0.25, -0.2) is 13.8 Å². The van der Waals surface area contributed by atoms with Crippen LogP contribution in [0.15, 0.2) is 47.1 Å². The summed E-state index contributed by atoms with van der Waals surface area (Å²) in [6, 6.07) is 8.34. The predicted molar refractivity (Wildman–Crippen MR) is 97.8 cm³/mol. The summed E-state index contributed by atoms with van der Waals surface area (Å²) in [5.41, 5.74) is 1.99. The highest BCUT2D eigenvalue weighted by atomic mass is 19.2. The maximum absolute atomic E-state index is 14.1. The lowest BCUT2D eigenvalue weighted by Gasteiger charge is -2.35. The Kier molecular flexibility index (Phi) is 4.99. The number of aromatic nitrogens is 2. The van der Waals surface area contributed by atoms with Gasteiger partial charge in [0.05, 0.1) is 11.3 Å². The summed E-state index contributed by atoms with van der Waals surface area (Å²) >= 11 is 0.